The van der Waals surface area contributed by atoms with Crippen LogP contribution in [0, 0.1) is 0 Å². The van der Waals surface area contributed by atoms with E-state index in [2.05, 4.69) is 44.8 Å². The molecular weight excluding hydrogens is 252 g/mol. The highest BCUT2D eigenvalue weighted by Gasteiger charge is 2.22. The lowest BCUT2D eigenvalue weighted by atomic mass is 10.1. The van der Waals surface area contributed by atoms with Crippen LogP contribution in [0.5, 0.6) is 0 Å². The Morgan fingerprint density at radius 3 is 3.07 bits per heavy atom. The molecule has 1 atom stereocenters. The van der Waals surface area contributed by atoms with Crippen LogP contribution in [0.2, 0.25) is 0 Å². The van der Waals surface area contributed by atoms with Crippen molar-refractivity contribution in [3.8, 4) is 0 Å². The molecule has 0 saturated carbocycles. The molecule has 15 heavy (non-hydrogen) atoms. The Balaban J connectivity index is 2.29. The normalized spacial score (nSPS) is 19.7. The van der Waals surface area contributed by atoms with Crippen LogP contribution in [-0.2, 0) is 6.42 Å². The first kappa shape index (κ1) is 9.43. The van der Waals surface area contributed by atoms with Gasteiger partial charge in [0, 0.05) is 28.3 Å². The number of halogens is 1. The Bertz CT molecular complexity index is 516. The highest BCUT2D eigenvalue weighted by molar-refractivity contribution is 9.10. The van der Waals surface area contributed by atoms with Crippen molar-refractivity contribution >= 4 is 26.8 Å². The molecule has 78 valence electrons. The SMILES string of the molecule is NCC1CCc2cc3ccc(Br)cc3n21. The van der Waals surface area contributed by atoms with Crippen LogP contribution in [0.3, 0.4) is 0 Å². The van der Waals surface area contributed by atoms with Gasteiger partial charge in [-0.2, -0.15) is 0 Å². The molecular formula is C12H13BrN2. The van der Waals surface area contributed by atoms with Crippen LogP contribution in [0.1, 0.15) is 18.2 Å². The van der Waals surface area contributed by atoms with E-state index < -0.39 is 0 Å². The number of hydrogen-bond donors (Lipinski definition) is 1. The molecule has 0 radical (unpaired) electrons. The zero-order valence-electron chi connectivity index (χ0n) is 8.41. The van der Waals surface area contributed by atoms with Gasteiger partial charge in [-0.1, -0.05) is 22.0 Å². The summed E-state index contributed by atoms with van der Waals surface area (Å²) in [6.07, 6.45) is 2.35. The summed E-state index contributed by atoms with van der Waals surface area (Å²) in [6.45, 7) is 0.739. The Kier molecular flexibility index (Phi) is 2.11. The average molecular weight is 265 g/mol. The van der Waals surface area contributed by atoms with Crippen LogP contribution in [0.4, 0.5) is 0 Å². The molecule has 2 N–H and O–H groups in total. The van der Waals surface area contributed by atoms with Gasteiger partial charge in [0.2, 0.25) is 0 Å². The van der Waals surface area contributed by atoms with E-state index in [1.807, 2.05) is 0 Å². The Labute approximate surface area is 97.2 Å². The third-order valence-electron chi connectivity index (χ3n) is 3.25. The summed E-state index contributed by atoms with van der Waals surface area (Å²) in [7, 11) is 0. The minimum atomic E-state index is 0.492. The van der Waals surface area contributed by atoms with Gasteiger partial charge < -0.3 is 10.3 Å². The minimum absolute atomic E-state index is 0.492. The van der Waals surface area contributed by atoms with Gasteiger partial charge in [0.1, 0.15) is 0 Å². The predicted molar refractivity (Wildman–Crippen MR) is 66.1 cm³/mol. The number of fused-ring (bicyclic) bond motifs is 3. The lowest BCUT2D eigenvalue weighted by Gasteiger charge is -2.12. The van der Waals surface area contributed by atoms with E-state index in [4.69, 9.17) is 5.73 Å². The molecule has 3 heteroatoms. The molecule has 0 bridgehead atoms. The lowest BCUT2D eigenvalue weighted by molar-refractivity contribution is 0.553. The van der Waals surface area contributed by atoms with E-state index in [-0.39, 0.29) is 0 Å². The van der Waals surface area contributed by atoms with E-state index in [1.54, 1.807) is 0 Å². The third-order valence-corrected chi connectivity index (χ3v) is 3.75. The molecule has 0 saturated heterocycles. The van der Waals surface area contributed by atoms with Gasteiger partial charge in [0.25, 0.3) is 0 Å². The van der Waals surface area contributed by atoms with Crippen LogP contribution in [-0.4, -0.2) is 11.1 Å². The summed E-state index contributed by atoms with van der Waals surface area (Å²) in [5, 5.41) is 1.33. The van der Waals surface area contributed by atoms with Crippen molar-refractivity contribution in [1.82, 2.24) is 4.57 Å². The zero-order valence-corrected chi connectivity index (χ0v) is 10.00. The number of benzene rings is 1. The maximum Gasteiger partial charge on any atom is 0.0496 e. The number of rotatable bonds is 1. The first-order valence-electron chi connectivity index (χ1n) is 5.29. The standard InChI is InChI=1S/C12H13BrN2/c13-9-2-1-8-5-10-3-4-11(7-14)15(10)12(8)6-9/h1-2,5-6,11H,3-4,7,14H2. The highest BCUT2D eigenvalue weighted by atomic mass is 79.9. The van der Waals surface area contributed by atoms with Crippen molar-refractivity contribution in [2.45, 2.75) is 18.9 Å². The van der Waals surface area contributed by atoms with Gasteiger partial charge in [0.05, 0.1) is 0 Å². The predicted octanol–water partition coefficient (Wildman–Crippen LogP) is 2.85. The molecule has 1 aliphatic rings. The van der Waals surface area contributed by atoms with Crippen molar-refractivity contribution < 1.29 is 0 Å². The fourth-order valence-electron chi connectivity index (χ4n) is 2.54. The molecule has 0 amide bonds. The summed E-state index contributed by atoms with van der Waals surface area (Å²) in [6, 6.07) is 9.23. The van der Waals surface area contributed by atoms with E-state index >= 15 is 0 Å². The zero-order chi connectivity index (χ0) is 10.4. The van der Waals surface area contributed by atoms with Crippen molar-refractivity contribution in [3.63, 3.8) is 0 Å². The fourth-order valence-corrected chi connectivity index (χ4v) is 2.89. The second kappa shape index (κ2) is 3.35. The molecule has 1 unspecified atom stereocenters. The van der Waals surface area contributed by atoms with Gasteiger partial charge in [-0.3, -0.25) is 0 Å². The number of aryl methyl sites for hydroxylation is 1. The molecule has 0 spiro atoms. The van der Waals surface area contributed by atoms with E-state index in [0.29, 0.717) is 6.04 Å². The maximum absolute atomic E-state index is 5.80. The summed E-state index contributed by atoms with van der Waals surface area (Å²) in [4.78, 5) is 0. The molecule has 3 rings (SSSR count). The fraction of sp³-hybridized carbons (Fsp3) is 0.333. The molecule has 0 fully saturated rings. The number of hydrogen-bond acceptors (Lipinski definition) is 1. The van der Waals surface area contributed by atoms with E-state index in [0.717, 1.165) is 17.4 Å². The molecule has 1 aliphatic heterocycles. The van der Waals surface area contributed by atoms with Gasteiger partial charge >= 0.3 is 0 Å². The first-order valence-corrected chi connectivity index (χ1v) is 6.08. The summed E-state index contributed by atoms with van der Waals surface area (Å²) in [5.41, 5.74) is 8.55. The maximum atomic E-state index is 5.80. The van der Waals surface area contributed by atoms with Crippen LogP contribution in [0.15, 0.2) is 28.7 Å². The molecule has 1 aromatic heterocycles. The van der Waals surface area contributed by atoms with Crippen molar-refractivity contribution in [2.24, 2.45) is 5.73 Å². The quantitative estimate of drug-likeness (QED) is 0.844. The van der Waals surface area contributed by atoms with Gasteiger partial charge in [0.15, 0.2) is 0 Å². The average Bonchev–Trinajstić information content (AvgIpc) is 2.76. The second-order valence-electron chi connectivity index (χ2n) is 4.14. The van der Waals surface area contributed by atoms with Gasteiger partial charge in [-0.15, -0.1) is 0 Å². The summed E-state index contributed by atoms with van der Waals surface area (Å²) in [5.74, 6) is 0. The number of nitrogens with zero attached hydrogens (tertiary/aromatic N) is 1. The monoisotopic (exact) mass is 264 g/mol. The van der Waals surface area contributed by atoms with Gasteiger partial charge in [-0.25, -0.2) is 0 Å². The molecule has 2 heterocycles. The number of nitrogens with two attached hydrogens (primary N) is 1. The molecule has 1 aromatic carbocycles. The van der Waals surface area contributed by atoms with Crippen LogP contribution in [0.25, 0.3) is 10.9 Å². The lowest BCUT2D eigenvalue weighted by Crippen LogP contribution is -2.15. The third kappa shape index (κ3) is 1.34. The largest absolute Gasteiger partial charge is 0.340 e. The van der Waals surface area contributed by atoms with Crippen LogP contribution >= 0.6 is 15.9 Å². The Morgan fingerprint density at radius 2 is 2.27 bits per heavy atom. The Morgan fingerprint density at radius 1 is 1.40 bits per heavy atom. The van der Waals surface area contributed by atoms with Crippen molar-refractivity contribution in [3.05, 3.63) is 34.4 Å². The summed E-state index contributed by atoms with van der Waals surface area (Å²) < 4.78 is 3.54. The van der Waals surface area contributed by atoms with Crippen LogP contribution < -0.4 is 5.73 Å². The minimum Gasteiger partial charge on any atom is -0.340 e. The topological polar surface area (TPSA) is 30.9 Å². The molecule has 2 aromatic rings. The smallest absolute Gasteiger partial charge is 0.0496 e. The van der Waals surface area contributed by atoms with Gasteiger partial charge in [-0.05, 0) is 36.4 Å². The summed E-state index contributed by atoms with van der Waals surface area (Å²) >= 11 is 3.52. The van der Waals surface area contributed by atoms with Crippen molar-refractivity contribution in [2.75, 3.05) is 6.54 Å². The Hall–Kier alpha value is -0.800. The first-order chi connectivity index (χ1) is 7.29. The highest BCUT2D eigenvalue weighted by Crippen LogP contribution is 2.33. The number of aromatic nitrogens is 1. The van der Waals surface area contributed by atoms with E-state index in [9.17, 15) is 0 Å². The van der Waals surface area contributed by atoms with E-state index in [1.165, 1.54) is 23.0 Å². The van der Waals surface area contributed by atoms with Crippen molar-refractivity contribution in [1.29, 1.82) is 0 Å². The molecule has 2 nitrogen and oxygen atoms in total. The molecule has 0 aliphatic carbocycles. The second-order valence-corrected chi connectivity index (χ2v) is 5.05.